The van der Waals surface area contributed by atoms with Crippen LogP contribution in [0.15, 0.2) is 18.2 Å². The lowest BCUT2D eigenvalue weighted by Gasteiger charge is -2.14. The predicted molar refractivity (Wildman–Crippen MR) is 71.8 cm³/mol. The van der Waals surface area contributed by atoms with Gasteiger partial charge in [-0.1, -0.05) is 0 Å². The summed E-state index contributed by atoms with van der Waals surface area (Å²) < 4.78 is 37.3. The molecule has 4 nitrogen and oxygen atoms in total. The second-order valence-electron chi connectivity index (χ2n) is 4.18. The third kappa shape index (κ3) is 2.36. The number of benzene rings is 1. The maximum Gasteiger partial charge on any atom is 0.168 e. The Morgan fingerprint density at radius 1 is 1.05 bits per heavy atom. The Morgan fingerprint density at radius 3 is 2.35 bits per heavy atom. The first kappa shape index (κ1) is 14.0. The van der Waals surface area contributed by atoms with E-state index in [-0.39, 0.29) is 17.1 Å². The summed E-state index contributed by atoms with van der Waals surface area (Å²) in [4.78, 5) is 4.11. The van der Waals surface area contributed by atoms with Crippen LogP contribution in [0.4, 0.5) is 14.6 Å². The molecular weight excluding hydrogens is 266 g/mol. The van der Waals surface area contributed by atoms with Gasteiger partial charge in [0.1, 0.15) is 17.4 Å². The molecule has 0 saturated heterocycles. The second-order valence-corrected chi connectivity index (χ2v) is 4.18. The number of anilines is 1. The van der Waals surface area contributed by atoms with Crippen LogP contribution in [0.25, 0.3) is 11.1 Å². The molecule has 2 aromatic rings. The highest BCUT2D eigenvalue weighted by atomic mass is 19.1. The average molecular weight is 280 g/mol. The highest BCUT2D eigenvalue weighted by molar-refractivity contribution is 5.80. The third-order valence-electron chi connectivity index (χ3n) is 2.92. The minimum Gasteiger partial charge on any atom is -0.495 e. The molecule has 0 spiro atoms. The number of methoxy groups -OCH3 is 2. The van der Waals surface area contributed by atoms with Crippen molar-refractivity contribution >= 4 is 5.82 Å². The first-order valence-electron chi connectivity index (χ1n) is 5.82. The maximum absolute atomic E-state index is 13.7. The molecule has 0 aliphatic rings. The zero-order valence-electron chi connectivity index (χ0n) is 11.3. The molecule has 2 rings (SSSR count). The van der Waals surface area contributed by atoms with E-state index < -0.39 is 11.6 Å². The SMILES string of the molecule is COc1cc(-c2cc(F)cc(F)c2OC)c(N)nc1C. The van der Waals surface area contributed by atoms with Crippen molar-refractivity contribution in [3.63, 3.8) is 0 Å². The molecule has 1 aromatic heterocycles. The van der Waals surface area contributed by atoms with Crippen molar-refractivity contribution < 1.29 is 18.3 Å². The molecule has 0 aliphatic heterocycles. The van der Waals surface area contributed by atoms with Gasteiger partial charge in [-0.05, 0) is 19.1 Å². The Morgan fingerprint density at radius 2 is 1.75 bits per heavy atom. The number of aromatic nitrogens is 1. The highest BCUT2D eigenvalue weighted by Gasteiger charge is 2.18. The lowest BCUT2D eigenvalue weighted by Crippen LogP contribution is -2.01. The van der Waals surface area contributed by atoms with Crippen molar-refractivity contribution in [2.24, 2.45) is 0 Å². The molecule has 0 bridgehead atoms. The van der Waals surface area contributed by atoms with Crippen LogP contribution >= 0.6 is 0 Å². The second kappa shape index (κ2) is 5.32. The summed E-state index contributed by atoms with van der Waals surface area (Å²) >= 11 is 0. The van der Waals surface area contributed by atoms with Crippen molar-refractivity contribution in [1.82, 2.24) is 4.98 Å². The Labute approximate surface area is 115 Å². The van der Waals surface area contributed by atoms with Gasteiger partial charge in [0.2, 0.25) is 0 Å². The quantitative estimate of drug-likeness (QED) is 0.939. The summed E-state index contributed by atoms with van der Waals surface area (Å²) in [5.41, 5.74) is 6.96. The van der Waals surface area contributed by atoms with Crippen LogP contribution in [0.3, 0.4) is 0 Å². The van der Waals surface area contributed by atoms with Gasteiger partial charge in [-0.2, -0.15) is 0 Å². The largest absolute Gasteiger partial charge is 0.495 e. The average Bonchev–Trinajstić information content (AvgIpc) is 2.38. The zero-order chi connectivity index (χ0) is 14.9. The molecule has 0 amide bonds. The van der Waals surface area contributed by atoms with E-state index in [9.17, 15) is 8.78 Å². The van der Waals surface area contributed by atoms with E-state index in [1.807, 2.05) is 0 Å². The Balaban J connectivity index is 2.74. The first-order valence-corrected chi connectivity index (χ1v) is 5.82. The van der Waals surface area contributed by atoms with Crippen molar-refractivity contribution in [1.29, 1.82) is 0 Å². The zero-order valence-corrected chi connectivity index (χ0v) is 11.3. The number of rotatable bonds is 3. The normalized spacial score (nSPS) is 10.4. The highest BCUT2D eigenvalue weighted by Crippen LogP contribution is 2.38. The fraction of sp³-hybridized carbons (Fsp3) is 0.214. The van der Waals surface area contributed by atoms with Crippen LogP contribution in [0.5, 0.6) is 11.5 Å². The Kier molecular flexibility index (Phi) is 3.74. The van der Waals surface area contributed by atoms with Crippen LogP contribution in [-0.4, -0.2) is 19.2 Å². The van der Waals surface area contributed by atoms with Crippen LogP contribution in [0.2, 0.25) is 0 Å². The van der Waals surface area contributed by atoms with Gasteiger partial charge < -0.3 is 15.2 Å². The number of hydrogen-bond acceptors (Lipinski definition) is 4. The Bertz CT molecular complexity index is 660. The summed E-state index contributed by atoms with van der Waals surface area (Å²) in [7, 11) is 2.78. The minimum atomic E-state index is -0.804. The predicted octanol–water partition coefficient (Wildman–Crippen LogP) is 2.93. The molecule has 1 aromatic carbocycles. The standard InChI is InChI=1S/C14H14F2N2O2/c1-7-12(19-2)6-10(14(17)18-7)9-4-8(15)5-11(16)13(9)20-3/h4-6H,1-3H3,(H2,17,18). The summed E-state index contributed by atoms with van der Waals surface area (Å²) in [5.74, 6) is -1.00. The Hall–Kier alpha value is -2.37. The van der Waals surface area contributed by atoms with Gasteiger partial charge in [-0.15, -0.1) is 0 Å². The number of pyridine rings is 1. The van der Waals surface area contributed by atoms with Crippen LogP contribution in [0, 0.1) is 18.6 Å². The maximum atomic E-state index is 13.7. The van der Waals surface area contributed by atoms with E-state index >= 15 is 0 Å². The minimum absolute atomic E-state index is 0.0918. The van der Waals surface area contributed by atoms with Crippen molar-refractivity contribution in [3.8, 4) is 22.6 Å². The van der Waals surface area contributed by atoms with Crippen LogP contribution < -0.4 is 15.2 Å². The van der Waals surface area contributed by atoms with Gasteiger partial charge in [0.25, 0.3) is 0 Å². The number of halogens is 2. The molecule has 6 heteroatoms. The van der Waals surface area contributed by atoms with E-state index in [4.69, 9.17) is 15.2 Å². The van der Waals surface area contributed by atoms with Gasteiger partial charge >= 0.3 is 0 Å². The van der Waals surface area contributed by atoms with E-state index in [1.54, 1.807) is 13.0 Å². The molecule has 2 N–H and O–H groups in total. The molecule has 0 saturated carbocycles. The first-order chi connectivity index (χ1) is 9.47. The van der Waals surface area contributed by atoms with Crippen molar-refractivity contribution in [3.05, 3.63) is 35.5 Å². The number of nitrogen functional groups attached to an aromatic ring is 1. The summed E-state index contributed by atoms with van der Waals surface area (Å²) in [6.07, 6.45) is 0. The summed E-state index contributed by atoms with van der Waals surface area (Å²) in [5, 5.41) is 0. The van der Waals surface area contributed by atoms with Gasteiger partial charge in [0, 0.05) is 17.2 Å². The van der Waals surface area contributed by atoms with Crippen LogP contribution in [0.1, 0.15) is 5.69 Å². The van der Waals surface area contributed by atoms with E-state index in [0.717, 1.165) is 12.1 Å². The lowest BCUT2D eigenvalue weighted by molar-refractivity contribution is 0.385. The third-order valence-corrected chi connectivity index (χ3v) is 2.92. The number of hydrogen-bond donors (Lipinski definition) is 1. The van der Waals surface area contributed by atoms with Gasteiger partial charge in [-0.3, -0.25) is 0 Å². The summed E-state index contributed by atoms with van der Waals surface area (Å²) in [6, 6.07) is 3.47. The molecule has 1 heterocycles. The van der Waals surface area contributed by atoms with Gasteiger partial charge in [0.15, 0.2) is 11.6 Å². The van der Waals surface area contributed by atoms with E-state index in [1.165, 1.54) is 14.2 Å². The number of aryl methyl sites for hydroxylation is 1. The summed E-state index contributed by atoms with van der Waals surface area (Å²) in [6.45, 7) is 1.72. The molecule has 20 heavy (non-hydrogen) atoms. The van der Waals surface area contributed by atoms with E-state index in [2.05, 4.69) is 4.98 Å². The number of nitrogens with two attached hydrogens (primary N) is 1. The molecule has 0 fully saturated rings. The smallest absolute Gasteiger partial charge is 0.168 e. The molecule has 0 atom stereocenters. The number of ether oxygens (including phenoxy) is 2. The lowest BCUT2D eigenvalue weighted by atomic mass is 10.0. The molecule has 106 valence electrons. The van der Waals surface area contributed by atoms with E-state index in [0.29, 0.717) is 17.0 Å². The number of nitrogens with zero attached hydrogens (tertiary/aromatic N) is 1. The fourth-order valence-electron chi connectivity index (χ4n) is 2.00. The molecular formula is C14H14F2N2O2. The molecule has 0 radical (unpaired) electrons. The topological polar surface area (TPSA) is 57.4 Å². The monoisotopic (exact) mass is 280 g/mol. The molecule has 0 unspecified atom stereocenters. The van der Waals surface area contributed by atoms with Crippen molar-refractivity contribution in [2.45, 2.75) is 6.92 Å². The van der Waals surface area contributed by atoms with Gasteiger partial charge in [0.05, 0.1) is 19.9 Å². The molecule has 0 aliphatic carbocycles. The van der Waals surface area contributed by atoms with Crippen LogP contribution in [-0.2, 0) is 0 Å². The van der Waals surface area contributed by atoms with Crippen molar-refractivity contribution in [2.75, 3.05) is 20.0 Å². The van der Waals surface area contributed by atoms with Gasteiger partial charge in [-0.25, -0.2) is 13.8 Å². The fourth-order valence-corrected chi connectivity index (χ4v) is 2.00.